The van der Waals surface area contributed by atoms with E-state index in [9.17, 15) is 0 Å². The molecule has 96 valence electrons. The Labute approximate surface area is 107 Å². The Bertz CT molecular complexity index is 488. The Morgan fingerprint density at radius 2 is 2.00 bits per heavy atom. The smallest absolute Gasteiger partial charge is 0.119 e. The van der Waals surface area contributed by atoms with Crippen molar-refractivity contribution in [2.45, 2.75) is 20.4 Å². The van der Waals surface area contributed by atoms with Crippen LogP contribution in [0.4, 0.5) is 0 Å². The highest BCUT2D eigenvalue weighted by atomic mass is 16.5. The highest BCUT2D eigenvalue weighted by Crippen LogP contribution is 2.23. The molecule has 0 radical (unpaired) electrons. The van der Waals surface area contributed by atoms with E-state index >= 15 is 0 Å². The first-order chi connectivity index (χ1) is 8.70. The summed E-state index contributed by atoms with van der Waals surface area (Å²) < 4.78 is 5.64. The average molecular weight is 245 g/mol. The predicted octanol–water partition coefficient (Wildman–Crippen LogP) is 2.57. The monoisotopic (exact) mass is 245 g/mol. The number of aromatic nitrogens is 2. The van der Waals surface area contributed by atoms with E-state index in [-0.39, 0.29) is 0 Å². The molecule has 0 atom stereocenters. The van der Waals surface area contributed by atoms with E-state index in [1.165, 1.54) is 0 Å². The summed E-state index contributed by atoms with van der Waals surface area (Å²) >= 11 is 0. The maximum Gasteiger partial charge on any atom is 0.119 e. The lowest BCUT2D eigenvalue weighted by Crippen LogP contribution is -2.04. The van der Waals surface area contributed by atoms with Gasteiger partial charge in [0.2, 0.25) is 0 Å². The van der Waals surface area contributed by atoms with Crippen molar-refractivity contribution in [3.8, 4) is 17.0 Å². The van der Waals surface area contributed by atoms with Crippen LogP contribution in [0.3, 0.4) is 0 Å². The molecular formula is C14H19N3O. The van der Waals surface area contributed by atoms with Gasteiger partial charge in [-0.2, -0.15) is 0 Å². The molecule has 0 aliphatic rings. The number of benzene rings is 1. The molecule has 3 N–H and O–H groups in total. The van der Waals surface area contributed by atoms with Crippen LogP contribution in [0.1, 0.15) is 19.5 Å². The third-order valence-corrected chi connectivity index (χ3v) is 2.63. The van der Waals surface area contributed by atoms with Crippen LogP contribution in [-0.2, 0) is 6.54 Å². The third kappa shape index (κ3) is 2.90. The van der Waals surface area contributed by atoms with Gasteiger partial charge >= 0.3 is 0 Å². The number of ether oxygens (including phenoxy) is 1. The Hall–Kier alpha value is -1.81. The number of nitrogens with one attached hydrogen (secondary N) is 1. The van der Waals surface area contributed by atoms with Crippen molar-refractivity contribution in [3.05, 3.63) is 36.3 Å². The van der Waals surface area contributed by atoms with E-state index in [4.69, 9.17) is 10.5 Å². The fraction of sp³-hybridized carbons (Fsp3) is 0.357. The number of H-pyrrole nitrogens is 1. The van der Waals surface area contributed by atoms with Gasteiger partial charge in [-0.05, 0) is 30.2 Å². The average Bonchev–Trinajstić information content (AvgIpc) is 2.85. The van der Waals surface area contributed by atoms with E-state index < -0.39 is 0 Å². The molecule has 0 bridgehead atoms. The first kappa shape index (κ1) is 12.6. The van der Waals surface area contributed by atoms with Gasteiger partial charge < -0.3 is 15.5 Å². The molecule has 0 saturated carbocycles. The third-order valence-electron chi connectivity index (χ3n) is 2.63. The minimum Gasteiger partial charge on any atom is -0.493 e. The van der Waals surface area contributed by atoms with Crippen molar-refractivity contribution >= 4 is 0 Å². The standard InChI is InChI=1S/C14H19N3O/c1-10(2)8-18-12-5-3-11(4-6-12)14-13(7-15)16-9-17-14/h3-6,9-10H,7-8,15H2,1-2H3,(H,16,17). The Morgan fingerprint density at radius 1 is 1.28 bits per heavy atom. The molecule has 0 amide bonds. The molecule has 0 saturated heterocycles. The van der Waals surface area contributed by atoms with E-state index in [1.807, 2.05) is 24.3 Å². The zero-order valence-corrected chi connectivity index (χ0v) is 10.8. The predicted molar refractivity (Wildman–Crippen MR) is 72.2 cm³/mol. The van der Waals surface area contributed by atoms with Crippen LogP contribution in [-0.4, -0.2) is 16.6 Å². The van der Waals surface area contributed by atoms with Crippen LogP contribution in [0.5, 0.6) is 5.75 Å². The second-order valence-electron chi connectivity index (χ2n) is 4.66. The van der Waals surface area contributed by atoms with Crippen molar-refractivity contribution in [1.29, 1.82) is 0 Å². The van der Waals surface area contributed by atoms with Gasteiger partial charge in [-0.25, -0.2) is 4.98 Å². The topological polar surface area (TPSA) is 63.9 Å². The summed E-state index contributed by atoms with van der Waals surface area (Å²) in [5.41, 5.74) is 8.56. The highest BCUT2D eigenvalue weighted by molar-refractivity contribution is 5.62. The van der Waals surface area contributed by atoms with Gasteiger partial charge in [-0.15, -0.1) is 0 Å². The van der Waals surface area contributed by atoms with Crippen molar-refractivity contribution in [1.82, 2.24) is 9.97 Å². The van der Waals surface area contributed by atoms with Gasteiger partial charge in [-0.1, -0.05) is 13.8 Å². The van der Waals surface area contributed by atoms with Crippen molar-refractivity contribution < 1.29 is 4.74 Å². The van der Waals surface area contributed by atoms with Crippen LogP contribution < -0.4 is 10.5 Å². The molecule has 0 aliphatic carbocycles. The van der Waals surface area contributed by atoms with Gasteiger partial charge in [-0.3, -0.25) is 0 Å². The number of imidazole rings is 1. The summed E-state index contributed by atoms with van der Waals surface area (Å²) in [4.78, 5) is 7.33. The fourth-order valence-electron chi connectivity index (χ4n) is 1.70. The number of hydrogen-bond acceptors (Lipinski definition) is 3. The van der Waals surface area contributed by atoms with Crippen molar-refractivity contribution in [3.63, 3.8) is 0 Å². The Morgan fingerprint density at radius 3 is 2.61 bits per heavy atom. The normalized spacial score (nSPS) is 10.9. The fourth-order valence-corrected chi connectivity index (χ4v) is 1.70. The molecule has 0 fully saturated rings. The number of nitrogens with two attached hydrogens (primary N) is 1. The maximum absolute atomic E-state index is 5.65. The van der Waals surface area contributed by atoms with Crippen LogP contribution in [0.15, 0.2) is 30.6 Å². The lowest BCUT2D eigenvalue weighted by Gasteiger charge is -2.09. The van der Waals surface area contributed by atoms with Gasteiger partial charge in [0.25, 0.3) is 0 Å². The molecule has 0 unspecified atom stereocenters. The second-order valence-corrected chi connectivity index (χ2v) is 4.66. The number of aromatic amines is 1. The Balaban J connectivity index is 2.12. The molecule has 18 heavy (non-hydrogen) atoms. The lowest BCUT2D eigenvalue weighted by molar-refractivity contribution is 0.271. The van der Waals surface area contributed by atoms with E-state index in [1.54, 1.807) is 6.33 Å². The zero-order chi connectivity index (χ0) is 13.0. The molecule has 2 rings (SSSR count). The molecule has 1 aromatic carbocycles. The van der Waals surface area contributed by atoms with Gasteiger partial charge in [0, 0.05) is 12.1 Å². The van der Waals surface area contributed by atoms with Crippen LogP contribution >= 0.6 is 0 Å². The maximum atomic E-state index is 5.65. The van der Waals surface area contributed by atoms with E-state index in [2.05, 4.69) is 23.8 Å². The van der Waals surface area contributed by atoms with Gasteiger partial charge in [0.05, 0.1) is 24.3 Å². The summed E-state index contributed by atoms with van der Waals surface area (Å²) in [6, 6.07) is 7.94. The minimum absolute atomic E-state index is 0.459. The first-order valence-corrected chi connectivity index (χ1v) is 6.16. The molecule has 1 heterocycles. The molecule has 2 aromatic rings. The summed E-state index contributed by atoms with van der Waals surface area (Å²) in [5, 5.41) is 0. The summed E-state index contributed by atoms with van der Waals surface area (Å²) in [7, 11) is 0. The molecule has 4 nitrogen and oxygen atoms in total. The molecule has 4 heteroatoms. The number of hydrogen-bond donors (Lipinski definition) is 2. The van der Waals surface area contributed by atoms with Crippen LogP contribution in [0.2, 0.25) is 0 Å². The van der Waals surface area contributed by atoms with Crippen LogP contribution in [0, 0.1) is 5.92 Å². The lowest BCUT2D eigenvalue weighted by atomic mass is 10.1. The van der Waals surface area contributed by atoms with E-state index in [0.717, 1.165) is 29.3 Å². The molecule has 0 spiro atoms. The van der Waals surface area contributed by atoms with Crippen molar-refractivity contribution in [2.75, 3.05) is 6.61 Å². The molecule has 0 aliphatic heterocycles. The second kappa shape index (κ2) is 5.69. The zero-order valence-electron chi connectivity index (χ0n) is 10.8. The number of nitrogens with zero attached hydrogens (tertiary/aromatic N) is 1. The SMILES string of the molecule is CC(C)COc1ccc(-c2nc[nH]c2CN)cc1. The summed E-state index contributed by atoms with van der Waals surface area (Å²) in [6.45, 7) is 5.45. The summed E-state index contributed by atoms with van der Waals surface area (Å²) in [6.07, 6.45) is 1.67. The quantitative estimate of drug-likeness (QED) is 0.851. The minimum atomic E-state index is 0.459. The van der Waals surface area contributed by atoms with Gasteiger partial charge in [0.15, 0.2) is 0 Å². The molecular weight excluding hydrogens is 226 g/mol. The van der Waals surface area contributed by atoms with E-state index in [0.29, 0.717) is 12.5 Å². The highest BCUT2D eigenvalue weighted by Gasteiger charge is 2.06. The van der Waals surface area contributed by atoms with Gasteiger partial charge in [0.1, 0.15) is 5.75 Å². The number of rotatable bonds is 5. The van der Waals surface area contributed by atoms with Crippen LogP contribution in [0.25, 0.3) is 11.3 Å². The molecule has 1 aromatic heterocycles. The summed E-state index contributed by atoms with van der Waals surface area (Å²) in [5.74, 6) is 1.41. The van der Waals surface area contributed by atoms with Crippen molar-refractivity contribution in [2.24, 2.45) is 11.7 Å². The largest absolute Gasteiger partial charge is 0.493 e. The Kier molecular flexibility index (Phi) is 3.99. The first-order valence-electron chi connectivity index (χ1n) is 6.16.